The van der Waals surface area contributed by atoms with Crippen LogP contribution in [0.3, 0.4) is 0 Å². The number of nitrogens with zero attached hydrogens (tertiary/aromatic N) is 1. The van der Waals surface area contributed by atoms with Gasteiger partial charge in [0.15, 0.2) is 0 Å². The molecule has 1 rings (SSSR count). The Hall–Kier alpha value is -0.0400. The van der Waals surface area contributed by atoms with Crippen LogP contribution >= 0.6 is 0 Å². The molecule has 0 saturated heterocycles. The topological polar surface area (TPSA) is 3.24 Å². The Balaban J connectivity index is 2.16. The van der Waals surface area contributed by atoms with Gasteiger partial charge in [0, 0.05) is 0 Å². The standard InChI is InChI=1S/C23H47N/c1-4-7-9-11-18-24(19-12-10-8-5-2)20-13-15-23-17-16-22(21-23)14-6-3/h22-23H,4-21H2,1-3H3. The summed E-state index contributed by atoms with van der Waals surface area (Å²) in [4.78, 5) is 2.80. The molecule has 0 heterocycles. The molecule has 1 aliphatic rings. The average molecular weight is 338 g/mol. The molecule has 2 atom stereocenters. The number of unbranched alkanes of at least 4 members (excludes halogenated alkanes) is 6. The fourth-order valence-corrected chi connectivity index (χ4v) is 4.57. The van der Waals surface area contributed by atoms with Crippen LogP contribution in [0, 0.1) is 11.8 Å². The molecule has 144 valence electrons. The van der Waals surface area contributed by atoms with E-state index in [2.05, 4.69) is 25.7 Å². The zero-order valence-electron chi connectivity index (χ0n) is 17.3. The first kappa shape index (κ1) is 22.0. The van der Waals surface area contributed by atoms with Gasteiger partial charge in [0.05, 0.1) is 0 Å². The summed E-state index contributed by atoms with van der Waals surface area (Å²) in [5.41, 5.74) is 0. The van der Waals surface area contributed by atoms with Gasteiger partial charge in [-0.2, -0.15) is 0 Å². The third-order valence-corrected chi connectivity index (χ3v) is 6.09. The molecule has 24 heavy (non-hydrogen) atoms. The summed E-state index contributed by atoms with van der Waals surface area (Å²) >= 11 is 0. The van der Waals surface area contributed by atoms with Crippen molar-refractivity contribution in [1.82, 2.24) is 4.90 Å². The van der Waals surface area contributed by atoms with E-state index in [1.54, 1.807) is 6.42 Å². The molecule has 0 spiro atoms. The molecule has 0 N–H and O–H groups in total. The van der Waals surface area contributed by atoms with E-state index in [1.165, 1.54) is 110 Å². The first-order valence-corrected chi connectivity index (χ1v) is 11.5. The van der Waals surface area contributed by atoms with Gasteiger partial charge >= 0.3 is 0 Å². The normalized spacial score (nSPS) is 21.0. The molecular weight excluding hydrogens is 290 g/mol. The van der Waals surface area contributed by atoms with E-state index in [1.807, 2.05) is 0 Å². The maximum atomic E-state index is 2.80. The maximum absolute atomic E-state index is 2.80. The zero-order chi connectivity index (χ0) is 17.5. The molecule has 1 heteroatoms. The van der Waals surface area contributed by atoms with Gasteiger partial charge in [-0.3, -0.25) is 0 Å². The molecule has 0 aromatic carbocycles. The van der Waals surface area contributed by atoms with E-state index in [9.17, 15) is 0 Å². The summed E-state index contributed by atoms with van der Waals surface area (Å²) in [5.74, 6) is 2.13. The van der Waals surface area contributed by atoms with E-state index in [0.29, 0.717) is 0 Å². The average Bonchev–Trinajstić information content (AvgIpc) is 3.02. The zero-order valence-corrected chi connectivity index (χ0v) is 17.3. The second-order valence-corrected chi connectivity index (χ2v) is 8.44. The van der Waals surface area contributed by atoms with Crippen molar-refractivity contribution in [2.75, 3.05) is 19.6 Å². The summed E-state index contributed by atoms with van der Waals surface area (Å²) in [7, 11) is 0. The highest BCUT2D eigenvalue weighted by Gasteiger charge is 2.23. The lowest BCUT2D eigenvalue weighted by Crippen LogP contribution is -2.27. The Morgan fingerprint density at radius 2 is 1.12 bits per heavy atom. The van der Waals surface area contributed by atoms with Crippen LogP contribution in [-0.2, 0) is 0 Å². The largest absolute Gasteiger partial charge is 0.303 e. The molecule has 1 aliphatic carbocycles. The van der Waals surface area contributed by atoms with E-state index in [-0.39, 0.29) is 0 Å². The minimum absolute atomic E-state index is 1.06. The molecule has 0 radical (unpaired) electrons. The van der Waals surface area contributed by atoms with Crippen molar-refractivity contribution in [3.05, 3.63) is 0 Å². The van der Waals surface area contributed by atoms with Gasteiger partial charge in [0.1, 0.15) is 0 Å². The summed E-state index contributed by atoms with van der Waals surface area (Å²) in [6.07, 6.45) is 21.7. The van der Waals surface area contributed by atoms with Gasteiger partial charge in [-0.1, -0.05) is 85.0 Å². The molecule has 1 saturated carbocycles. The quantitative estimate of drug-likeness (QED) is 0.264. The first-order valence-electron chi connectivity index (χ1n) is 11.5. The lowest BCUT2D eigenvalue weighted by atomic mass is 9.97. The van der Waals surface area contributed by atoms with Crippen molar-refractivity contribution < 1.29 is 0 Å². The Morgan fingerprint density at radius 3 is 1.67 bits per heavy atom. The van der Waals surface area contributed by atoms with Crippen molar-refractivity contribution in [1.29, 1.82) is 0 Å². The minimum Gasteiger partial charge on any atom is -0.303 e. The van der Waals surface area contributed by atoms with E-state index >= 15 is 0 Å². The number of hydrogen-bond donors (Lipinski definition) is 0. The van der Waals surface area contributed by atoms with Crippen LogP contribution in [0.1, 0.15) is 117 Å². The Labute approximate surface area is 154 Å². The second kappa shape index (κ2) is 15.2. The van der Waals surface area contributed by atoms with Crippen LogP contribution in [-0.4, -0.2) is 24.5 Å². The van der Waals surface area contributed by atoms with Gasteiger partial charge in [0.2, 0.25) is 0 Å². The van der Waals surface area contributed by atoms with Crippen molar-refractivity contribution >= 4 is 0 Å². The molecule has 2 unspecified atom stereocenters. The van der Waals surface area contributed by atoms with Crippen LogP contribution in [0.5, 0.6) is 0 Å². The van der Waals surface area contributed by atoms with Crippen molar-refractivity contribution in [3.63, 3.8) is 0 Å². The summed E-state index contributed by atoms with van der Waals surface area (Å²) in [5, 5.41) is 0. The Bertz CT molecular complexity index is 251. The second-order valence-electron chi connectivity index (χ2n) is 8.44. The highest BCUT2D eigenvalue weighted by Crippen LogP contribution is 2.36. The predicted octanol–water partition coefficient (Wildman–Crippen LogP) is 7.45. The third-order valence-electron chi connectivity index (χ3n) is 6.09. The molecule has 1 nitrogen and oxygen atoms in total. The minimum atomic E-state index is 1.06. The third kappa shape index (κ3) is 10.7. The first-order chi connectivity index (χ1) is 11.8. The number of hydrogen-bond acceptors (Lipinski definition) is 1. The van der Waals surface area contributed by atoms with Crippen LogP contribution in [0.25, 0.3) is 0 Å². The van der Waals surface area contributed by atoms with E-state index in [4.69, 9.17) is 0 Å². The predicted molar refractivity (Wildman–Crippen MR) is 110 cm³/mol. The molecule has 0 aromatic rings. The monoisotopic (exact) mass is 337 g/mol. The number of rotatable bonds is 16. The Kier molecular flexibility index (Phi) is 14.0. The van der Waals surface area contributed by atoms with Crippen LogP contribution in [0.4, 0.5) is 0 Å². The summed E-state index contributed by atoms with van der Waals surface area (Å²) < 4.78 is 0. The fraction of sp³-hybridized carbons (Fsp3) is 1.00. The Morgan fingerprint density at radius 1 is 0.583 bits per heavy atom. The fourth-order valence-electron chi connectivity index (χ4n) is 4.57. The lowest BCUT2D eigenvalue weighted by molar-refractivity contribution is 0.248. The van der Waals surface area contributed by atoms with Gasteiger partial charge < -0.3 is 4.90 Å². The molecule has 1 fully saturated rings. The van der Waals surface area contributed by atoms with Crippen molar-refractivity contribution in [3.8, 4) is 0 Å². The van der Waals surface area contributed by atoms with Crippen LogP contribution in [0.15, 0.2) is 0 Å². The highest BCUT2D eigenvalue weighted by atomic mass is 15.1. The van der Waals surface area contributed by atoms with Crippen molar-refractivity contribution in [2.45, 2.75) is 117 Å². The molecule has 0 amide bonds. The molecular formula is C23H47N. The smallest absolute Gasteiger partial charge is 0.00186 e. The molecule has 0 bridgehead atoms. The van der Waals surface area contributed by atoms with Gasteiger partial charge in [-0.15, -0.1) is 0 Å². The maximum Gasteiger partial charge on any atom is -0.00186 e. The lowest BCUT2D eigenvalue weighted by Gasteiger charge is -2.23. The van der Waals surface area contributed by atoms with Gasteiger partial charge in [0.25, 0.3) is 0 Å². The van der Waals surface area contributed by atoms with Crippen molar-refractivity contribution in [2.24, 2.45) is 11.8 Å². The van der Waals surface area contributed by atoms with Gasteiger partial charge in [-0.25, -0.2) is 0 Å². The summed E-state index contributed by atoms with van der Waals surface area (Å²) in [6, 6.07) is 0. The van der Waals surface area contributed by atoms with Gasteiger partial charge in [-0.05, 0) is 63.6 Å². The van der Waals surface area contributed by atoms with E-state index in [0.717, 1.165) is 11.8 Å². The molecule has 0 aliphatic heterocycles. The summed E-state index contributed by atoms with van der Waals surface area (Å²) in [6.45, 7) is 11.1. The van der Waals surface area contributed by atoms with Crippen LogP contribution < -0.4 is 0 Å². The SMILES string of the molecule is CCCCCCN(CCCCCC)CCCC1CCC(CCC)C1. The highest BCUT2D eigenvalue weighted by molar-refractivity contribution is 4.75. The van der Waals surface area contributed by atoms with E-state index < -0.39 is 0 Å². The molecule has 0 aromatic heterocycles. The van der Waals surface area contributed by atoms with Crippen LogP contribution in [0.2, 0.25) is 0 Å².